The minimum absolute atomic E-state index is 0.0346. The van der Waals surface area contributed by atoms with Gasteiger partial charge < -0.3 is 9.88 Å². The number of carbonyl (C=O) groups excluding carboxylic acids is 1. The van der Waals surface area contributed by atoms with Crippen LogP contribution in [0.1, 0.15) is 72.1 Å². The lowest BCUT2D eigenvalue weighted by Gasteiger charge is -2.20. The van der Waals surface area contributed by atoms with E-state index in [2.05, 4.69) is 40.3 Å². The van der Waals surface area contributed by atoms with Crippen molar-refractivity contribution in [3.8, 4) is 28.6 Å². The van der Waals surface area contributed by atoms with Crippen molar-refractivity contribution in [2.45, 2.75) is 64.8 Å². The third kappa shape index (κ3) is 5.40. The first-order valence-corrected chi connectivity index (χ1v) is 16.3. The maximum Gasteiger partial charge on any atom is 0.416 e. The van der Waals surface area contributed by atoms with Crippen molar-refractivity contribution in [1.29, 1.82) is 5.26 Å². The monoisotopic (exact) mass is 652 g/mol. The maximum atomic E-state index is 14.6. The highest BCUT2D eigenvalue weighted by molar-refractivity contribution is 6.10. The largest absolute Gasteiger partial charge is 0.416 e. The average molecular weight is 653 g/mol. The summed E-state index contributed by atoms with van der Waals surface area (Å²) >= 11 is 0. The van der Waals surface area contributed by atoms with Crippen molar-refractivity contribution in [2.24, 2.45) is 17.9 Å². The number of fused-ring (bicyclic) bond motifs is 1. The number of hydrogen-bond donors (Lipinski definition) is 1. The average Bonchev–Trinajstić information content (AvgIpc) is 3.70. The Balaban J connectivity index is 1.21. The van der Waals surface area contributed by atoms with E-state index in [1.165, 1.54) is 23.8 Å². The number of alkyl halides is 3. The standard InChI is InChI=1S/C36H35F3N8O/c1-34(2)15-29(34)42-30-13-23(25-10-21(16-40)4-5-24(25)32-44-41-20-45(32)3)14-31(43-30)47-18-27-26(33(47)48)11-22(12-28(27)36(37,38)39)17-46-9-8-35(19-46)6-7-35/h4-5,10-14,20,29H,6-9,15,17-19H2,1-3H3,(H,42,43). The summed E-state index contributed by atoms with van der Waals surface area (Å²) in [6.07, 6.45) is 1.31. The van der Waals surface area contributed by atoms with Crippen LogP contribution in [0.25, 0.3) is 22.5 Å². The number of likely N-dealkylation sites (tertiary alicyclic amines) is 1. The van der Waals surface area contributed by atoms with Crippen molar-refractivity contribution in [2.75, 3.05) is 23.3 Å². The second-order valence-electron chi connectivity index (χ2n) is 14.6. The molecule has 2 aliphatic carbocycles. The van der Waals surface area contributed by atoms with E-state index in [0.29, 0.717) is 51.4 Å². The Morgan fingerprint density at radius 2 is 1.85 bits per heavy atom. The van der Waals surface area contributed by atoms with Crippen molar-refractivity contribution in [3.05, 3.63) is 76.6 Å². The quantitative estimate of drug-likeness (QED) is 0.235. The lowest BCUT2D eigenvalue weighted by molar-refractivity contribution is -0.138. The van der Waals surface area contributed by atoms with Gasteiger partial charge in [0.2, 0.25) is 0 Å². The fourth-order valence-corrected chi connectivity index (χ4v) is 7.35. The van der Waals surface area contributed by atoms with Crippen LogP contribution >= 0.6 is 0 Å². The van der Waals surface area contributed by atoms with E-state index in [9.17, 15) is 23.2 Å². The first-order valence-electron chi connectivity index (χ1n) is 16.3. The number of anilines is 2. The number of aryl methyl sites for hydroxylation is 1. The third-order valence-electron chi connectivity index (χ3n) is 10.6. The van der Waals surface area contributed by atoms with Gasteiger partial charge in [0.1, 0.15) is 18.0 Å². The summed E-state index contributed by atoms with van der Waals surface area (Å²) in [4.78, 5) is 22.4. The van der Waals surface area contributed by atoms with Crippen LogP contribution in [0.4, 0.5) is 24.8 Å². The van der Waals surface area contributed by atoms with Crippen molar-refractivity contribution >= 4 is 17.5 Å². The minimum atomic E-state index is -4.62. The van der Waals surface area contributed by atoms with E-state index in [1.54, 1.807) is 41.2 Å². The van der Waals surface area contributed by atoms with Gasteiger partial charge in [-0.15, -0.1) is 10.2 Å². The molecule has 4 aromatic rings. The number of nitrogens with zero attached hydrogens (tertiary/aromatic N) is 7. The Bertz CT molecular complexity index is 2020. The number of carbonyl (C=O) groups is 1. The fraction of sp³-hybridized carbons (Fsp3) is 0.417. The number of nitriles is 1. The predicted octanol–water partition coefficient (Wildman–Crippen LogP) is 6.79. The zero-order valence-corrected chi connectivity index (χ0v) is 27.0. The molecular weight excluding hydrogens is 617 g/mol. The Kier molecular flexibility index (Phi) is 6.76. The summed E-state index contributed by atoms with van der Waals surface area (Å²) in [7, 11) is 1.82. The molecule has 48 heavy (non-hydrogen) atoms. The second-order valence-corrected chi connectivity index (χ2v) is 14.6. The van der Waals surface area contributed by atoms with E-state index in [1.807, 2.05) is 13.1 Å². The van der Waals surface area contributed by atoms with E-state index in [0.717, 1.165) is 25.9 Å². The van der Waals surface area contributed by atoms with Gasteiger partial charge in [-0.3, -0.25) is 14.6 Å². The molecule has 4 heterocycles. The molecule has 0 radical (unpaired) electrons. The summed E-state index contributed by atoms with van der Waals surface area (Å²) in [6, 6.07) is 14.0. The number of hydrogen-bond acceptors (Lipinski definition) is 7. The molecule has 1 spiro atoms. The van der Waals surface area contributed by atoms with Crippen LogP contribution in [0.5, 0.6) is 0 Å². The van der Waals surface area contributed by atoms with Crippen LogP contribution in [0.3, 0.4) is 0 Å². The van der Waals surface area contributed by atoms with Crippen molar-refractivity contribution in [3.63, 3.8) is 0 Å². The Hall–Kier alpha value is -4.76. The van der Waals surface area contributed by atoms with E-state index in [-0.39, 0.29) is 34.9 Å². The Labute approximate surface area is 276 Å². The highest BCUT2D eigenvalue weighted by Gasteiger charge is 2.48. The van der Waals surface area contributed by atoms with Crippen molar-refractivity contribution < 1.29 is 18.0 Å². The zero-order chi connectivity index (χ0) is 33.6. The van der Waals surface area contributed by atoms with E-state index >= 15 is 0 Å². The van der Waals surface area contributed by atoms with Gasteiger partial charge in [-0.2, -0.15) is 18.4 Å². The summed E-state index contributed by atoms with van der Waals surface area (Å²) in [5, 5.41) is 21.5. The molecule has 8 rings (SSSR count). The van der Waals surface area contributed by atoms with Crippen LogP contribution in [0, 0.1) is 22.2 Å². The van der Waals surface area contributed by atoms with Crippen LogP contribution in [0.2, 0.25) is 0 Å². The molecule has 4 aliphatic rings. The van der Waals surface area contributed by atoms with Crippen LogP contribution < -0.4 is 10.2 Å². The van der Waals surface area contributed by atoms with Gasteiger partial charge >= 0.3 is 6.18 Å². The molecule has 2 aromatic carbocycles. The van der Waals surface area contributed by atoms with Crippen molar-refractivity contribution in [1.82, 2.24) is 24.6 Å². The summed E-state index contributed by atoms with van der Waals surface area (Å²) < 4.78 is 45.5. The van der Waals surface area contributed by atoms with Gasteiger partial charge in [0.15, 0.2) is 5.82 Å². The zero-order valence-electron chi connectivity index (χ0n) is 27.0. The number of aromatic nitrogens is 4. The van der Waals surface area contributed by atoms with Gasteiger partial charge in [-0.25, -0.2) is 4.98 Å². The summed E-state index contributed by atoms with van der Waals surface area (Å²) in [5.41, 5.74) is 2.57. The fourth-order valence-electron chi connectivity index (χ4n) is 7.35. The lowest BCUT2D eigenvalue weighted by atomic mass is 9.97. The molecule has 1 atom stereocenters. The second kappa shape index (κ2) is 10.6. The number of rotatable bonds is 7. The first kappa shape index (κ1) is 30.6. The molecule has 2 aliphatic heterocycles. The number of amides is 1. The number of pyridine rings is 1. The predicted molar refractivity (Wildman–Crippen MR) is 174 cm³/mol. The van der Waals surface area contributed by atoms with Crippen LogP contribution in [-0.2, 0) is 26.3 Å². The SMILES string of the molecule is Cn1cnnc1-c1ccc(C#N)cc1-c1cc(NC2CC2(C)C)nc(N2Cc3c(cc(CN4CCC5(CC5)C4)cc3C(F)(F)F)C2=O)c1. The third-order valence-corrected chi connectivity index (χ3v) is 10.6. The molecule has 2 aromatic heterocycles. The van der Waals surface area contributed by atoms with Gasteiger partial charge in [-0.05, 0) is 108 Å². The van der Waals surface area contributed by atoms with Gasteiger partial charge in [0.05, 0.1) is 23.7 Å². The molecule has 246 valence electrons. The van der Waals surface area contributed by atoms with Crippen LogP contribution in [0.15, 0.2) is 48.8 Å². The molecule has 1 N–H and O–H groups in total. The molecule has 1 unspecified atom stereocenters. The minimum Gasteiger partial charge on any atom is -0.367 e. The topological polar surface area (TPSA) is 103 Å². The lowest BCUT2D eigenvalue weighted by Crippen LogP contribution is -2.25. The normalized spacial score (nSPS) is 20.6. The molecule has 2 saturated carbocycles. The smallest absolute Gasteiger partial charge is 0.367 e. The molecule has 12 heteroatoms. The molecule has 0 bridgehead atoms. The molecule has 3 fully saturated rings. The molecule has 1 amide bonds. The highest BCUT2D eigenvalue weighted by Crippen LogP contribution is 2.53. The van der Waals surface area contributed by atoms with Crippen LogP contribution in [-0.4, -0.2) is 49.7 Å². The van der Waals surface area contributed by atoms with Gasteiger partial charge in [0.25, 0.3) is 5.91 Å². The Morgan fingerprint density at radius 1 is 1.06 bits per heavy atom. The summed E-state index contributed by atoms with van der Waals surface area (Å²) in [5.74, 6) is 0.779. The summed E-state index contributed by atoms with van der Waals surface area (Å²) in [6.45, 7) is 6.15. The number of halogens is 3. The Morgan fingerprint density at radius 3 is 2.50 bits per heavy atom. The number of nitrogens with one attached hydrogen (secondary N) is 1. The maximum absolute atomic E-state index is 14.6. The van der Waals surface area contributed by atoms with Gasteiger partial charge in [0, 0.05) is 37.3 Å². The highest BCUT2D eigenvalue weighted by atomic mass is 19.4. The molecule has 1 saturated heterocycles. The molecule has 9 nitrogen and oxygen atoms in total. The number of benzene rings is 2. The van der Waals surface area contributed by atoms with Gasteiger partial charge in [-0.1, -0.05) is 13.8 Å². The first-order chi connectivity index (χ1) is 22.8. The van der Waals surface area contributed by atoms with E-state index < -0.39 is 17.6 Å². The van der Waals surface area contributed by atoms with E-state index in [4.69, 9.17) is 4.98 Å². The molecular formula is C36H35F3N8O.